The van der Waals surface area contributed by atoms with Crippen LogP contribution < -0.4 is 0 Å². The summed E-state index contributed by atoms with van der Waals surface area (Å²) in [5, 5.41) is 5.25. The Kier molecular flexibility index (Phi) is 4.07. The van der Waals surface area contributed by atoms with E-state index < -0.39 is 24.2 Å². The first kappa shape index (κ1) is 17.2. The van der Waals surface area contributed by atoms with E-state index >= 15 is 0 Å². The minimum atomic E-state index is -0.424. The van der Waals surface area contributed by atoms with E-state index in [1.807, 2.05) is 60.7 Å². The fourth-order valence-electron chi connectivity index (χ4n) is 5.93. The van der Waals surface area contributed by atoms with Gasteiger partial charge in [-0.15, -0.1) is 0 Å². The fourth-order valence-corrected chi connectivity index (χ4v) is 6.53. The maximum absolute atomic E-state index is 9.09. The Labute approximate surface area is 258 Å². The van der Waals surface area contributed by atoms with E-state index in [4.69, 9.17) is 11.0 Å². The van der Waals surface area contributed by atoms with Crippen molar-refractivity contribution in [3.8, 4) is 33.4 Å². The monoisotopic (exact) mass is 592 g/mol. The lowest BCUT2D eigenvalue weighted by molar-refractivity contribution is 1.59. The fraction of sp³-hybridized carbons (Fsp3) is 0. The van der Waals surface area contributed by atoms with Gasteiger partial charge in [-0.1, -0.05) is 145 Å². The third-order valence-corrected chi connectivity index (χ3v) is 8.58. The number of hydrogen-bond acceptors (Lipinski definition) is 0. The standard InChI is InChI=1S/C40H25Br/c41-40-37-19-9-7-17-35(37)39(36-18-8-10-20-38(36)40)34-16-6-5-15-33(34)32-14-4-3-13-30(32)28-23-24-31-27(25-28)22-21-26-11-1-2-12-29(26)31/h1-25H/i7D,8D,9D,10D,17D,18D,19D,20D. The number of halogens is 1. The Morgan fingerprint density at radius 3 is 1.63 bits per heavy atom. The van der Waals surface area contributed by atoms with Crippen LogP contribution in [0, 0.1) is 0 Å². The molecule has 0 amide bonds. The molecule has 192 valence electrons. The molecule has 8 aromatic carbocycles. The summed E-state index contributed by atoms with van der Waals surface area (Å²) < 4.78 is 70.3. The molecule has 0 aromatic heterocycles. The van der Waals surface area contributed by atoms with Crippen LogP contribution in [0.4, 0.5) is 0 Å². The van der Waals surface area contributed by atoms with Crippen LogP contribution in [0.15, 0.2) is 156 Å². The van der Waals surface area contributed by atoms with E-state index in [1.54, 1.807) is 0 Å². The zero-order chi connectivity index (χ0) is 34.3. The molecule has 1 heteroatoms. The molecule has 0 aliphatic heterocycles. The molecular weight excluding hydrogens is 560 g/mol. The highest BCUT2D eigenvalue weighted by molar-refractivity contribution is 9.10. The first-order valence-corrected chi connectivity index (χ1v) is 14.1. The quantitative estimate of drug-likeness (QED) is 0.141. The SMILES string of the molecule is [2H]c1c([2H])c([2H])c2c(-c3ccccc3-c3ccccc3-c3ccc4c(ccc5ccccc54)c3)c3c([2H])c([2H])c([2H])c([2H])c3c(Br)c2c1[2H]. The predicted molar refractivity (Wildman–Crippen MR) is 180 cm³/mol. The molecule has 0 atom stereocenters. The van der Waals surface area contributed by atoms with Gasteiger partial charge in [0.2, 0.25) is 0 Å². The van der Waals surface area contributed by atoms with Gasteiger partial charge in [0.05, 0.1) is 11.0 Å². The summed E-state index contributed by atoms with van der Waals surface area (Å²) in [6.07, 6.45) is 0. The van der Waals surface area contributed by atoms with Gasteiger partial charge in [0.1, 0.15) is 0 Å². The molecule has 0 heterocycles. The normalized spacial score (nSPS) is 14.3. The van der Waals surface area contributed by atoms with Gasteiger partial charge >= 0.3 is 0 Å². The Hall–Kier alpha value is -4.72. The number of hydrogen-bond donors (Lipinski definition) is 0. The van der Waals surface area contributed by atoms with E-state index in [2.05, 4.69) is 58.4 Å². The second-order valence-corrected chi connectivity index (χ2v) is 10.8. The maximum atomic E-state index is 9.09. The van der Waals surface area contributed by atoms with Crippen LogP contribution in [-0.4, -0.2) is 0 Å². The van der Waals surface area contributed by atoms with E-state index in [0.717, 1.165) is 33.0 Å². The zero-order valence-corrected chi connectivity index (χ0v) is 23.3. The van der Waals surface area contributed by atoms with Gasteiger partial charge in [0.15, 0.2) is 0 Å². The molecule has 0 bridgehead atoms. The van der Waals surface area contributed by atoms with Crippen molar-refractivity contribution < 1.29 is 11.0 Å². The average Bonchev–Trinajstić information content (AvgIpc) is 3.13. The van der Waals surface area contributed by atoms with Gasteiger partial charge in [0.25, 0.3) is 0 Å². The van der Waals surface area contributed by atoms with Crippen molar-refractivity contribution in [2.75, 3.05) is 0 Å². The second kappa shape index (κ2) is 9.73. The van der Waals surface area contributed by atoms with Crippen molar-refractivity contribution in [3.63, 3.8) is 0 Å². The molecule has 0 unspecified atom stereocenters. The minimum absolute atomic E-state index is 0.156. The van der Waals surface area contributed by atoms with E-state index in [0.29, 0.717) is 11.1 Å². The predicted octanol–water partition coefficient (Wildman–Crippen LogP) is 12.1. The molecule has 0 spiro atoms. The van der Waals surface area contributed by atoms with Crippen LogP contribution in [-0.2, 0) is 0 Å². The van der Waals surface area contributed by atoms with Crippen LogP contribution in [0.3, 0.4) is 0 Å². The van der Waals surface area contributed by atoms with Crippen molar-refractivity contribution in [1.82, 2.24) is 0 Å². The summed E-state index contributed by atoms with van der Waals surface area (Å²) >= 11 is 3.52. The van der Waals surface area contributed by atoms with E-state index in [9.17, 15) is 0 Å². The summed E-state index contributed by atoms with van der Waals surface area (Å²) in [5.41, 5.74) is 4.45. The molecule has 0 radical (unpaired) electrons. The van der Waals surface area contributed by atoms with Gasteiger partial charge in [-0.25, -0.2) is 0 Å². The molecule has 0 aliphatic carbocycles. The molecular formula is C40H25Br. The summed E-state index contributed by atoms with van der Waals surface area (Å²) in [6.45, 7) is 0. The second-order valence-electron chi connectivity index (χ2n) is 10.0. The van der Waals surface area contributed by atoms with Crippen LogP contribution in [0.2, 0.25) is 0 Å². The Morgan fingerprint density at radius 1 is 0.415 bits per heavy atom. The first-order chi connectivity index (χ1) is 23.6. The maximum Gasteiger partial charge on any atom is 0.0630 e. The Bertz CT molecular complexity index is 2640. The lowest BCUT2D eigenvalue weighted by atomic mass is 9.85. The van der Waals surface area contributed by atoms with E-state index in [-0.39, 0.29) is 50.2 Å². The van der Waals surface area contributed by atoms with Gasteiger partial charge in [0, 0.05) is 4.47 Å². The third kappa shape index (κ3) is 3.89. The summed E-state index contributed by atoms with van der Waals surface area (Å²) in [4.78, 5) is 0. The topological polar surface area (TPSA) is 0 Å². The molecule has 41 heavy (non-hydrogen) atoms. The van der Waals surface area contributed by atoms with Crippen LogP contribution in [0.5, 0.6) is 0 Å². The Morgan fingerprint density at radius 2 is 0.927 bits per heavy atom. The van der Waals surface area contributed by atoms with Crippen LogP contribution in [0.1, 0.15) is 11.0 Å². The van der Waals surface area contributed by atoms with Crippen LogP contribution >= 0.6 is 15.9 Å². The number of rotatable bonds is 3. The van der Waals surface area contributed by atoms with Crippen molar-refractivity contribution in [2.24, 2.45) is 0 Å². The lowest BCUT2D eigenvalue weighted by Gasteiger charge is -2.19. The molecule has 8 rings (SSSR count). The average molecular weight is 594 g/mol. The molecule has 0 N–H and O–H groups in total. The number of fused-ring (bicyclic) bond motifs is 5. The summed E-state index contributed by atoms with van der Waals surface area (Å²) in [5.74, 6) is 0. The van der Waals surface area contributed by atoms with Gasteiger partial charge in [-0.05, 0) is 98.5 Å². The third-order valence-electron chi connectivity index (χ3n) is 7.78. The molecule has 0 saturated carbocycles. The molecule has 0 nitrogen and oxygen atoms in total. The highest BCUT2D eigenvalue weighted by atomic mass is 79.9. The van der Waals surface area contributed by atoms with Crippen molar-refractivity contribution >= 4 is 59.0 Å². The first-order valence-electron chi connectivity index (χ1n) is 17.3. The number of benzene rings is 8. The molecule has 0 aliphatic rings. The van der Waals surface area contributed by atoms with Gasteiger partial charge in [-0.3, -0.25) is 0 Å². The van der Waals surface area contributed by atoms with Crippen molar-refractivity contribution in [3.05, 3.63) is 156 Å². The largest absolute Gasteiger partial charge is 0.0630 e. The van der Waals surface area contributed by atoms with Crippen LogP contribution in [0.25, 0.3) is 76.5 Å². The lowest BCUT2D eigenvalue weighted by Crippen LogP contribution is -1.92. The minimum Gasteiger partial charge on any atom is -0.0616 e. The van der Waals surface area contributed by atoms with E-state index in [1.165, 1.54) is 10.8 Å². The molecule has 0 fully saturated rings. The van der Waals surface area contributed by atoms with Crippen molar-refractivity contribution in [1.29, 1.82) is 0 Å². The van der Waals surface area contributed by atoms with Gasteiger partial charge < -0.3 is 0 Å². The highest BCUT2D eigenvalue weighted by Crippen LogP contribution is 2.46. The Balaban J connectivity index is 1.49. The molecule has 8 aromatic rings. The van der Waals surface area contributed by atoms with Gasteiger partial charge in [-0.2, -0.15) is 0 Å². The zero-order valence-electron chi connectivity index (χ0n) is 29.7. The highest BCUT2D eigenvalue weighted by Gasteiger charge is 2.18. The summed E-state index contributed by atoms with van der Waals surface area (Å²) in [7, 11) is 0. The smallest absolute Gasteiger partial charge is 0.0616 e. The summed E-state index contributed by atoms with van der Waals surface area (Å²) in [6, 6.07) is 31.6. The molecule has 0 saturated heterocycles. The van der Waals surface area contributed by atoms with Crippen molar-refractivity contribution in [2.45, 2.75) is 0 Å².